The van der Waals surface area contributed by atoms with E-state index in [-0.39, 0.29) is 5.91 Å². The fraction of sp³-hybridized carbons (Fsp3) is 0.643. The summed E-state index contributed by atoms with van der Waals surface area (Å²) in [4.78, 5) is 16.7. The van der Waals surface area contributed by atoms with Crippen LogP contribution in [-0.2, 0) is 6.54 Å². The summed E-state index contributed by atoms with van der Waals surface area (Å²) in [6, 6.07) is 2.81. The summed E-state index contributed by atoms with van der Waals surface area (Å²) in [5, 5.41) is 0. The van der Waals surface area contributed by atoms with Crippen LogP contribution >= 0.6 is 0 Å². The molecule has 6 nitrogen and oxygen atoms in total. The van der Waals surface area contributed by atoms with E-state index in [0.29, 0.717) is 30.0 Å². The molecule has 0 aromatic carbocycles. The number of carbonyl (C=O) groups is 1. The third-order valence-electron chi connectivity index (χ3n) is 4.53. The largest absolute Gasteiger partial charge is 0.467 e. The van der Waals surface area contributed by atoms with E-state index in [2.05, 4.69) is 22.1 Å². The quantitative estimate of drug-likeness (QED) is 0.480. The number of fused-ring (bicyclic) bond motifs is 1. The predicted molar refractivity (Wildman–Crippen MR) is 74.8 cm³/mol. The van der Waals surface area contributed by atoms with Crippen LogP contribution in [0, 0.1) is 0 Å². The molecule has 2 saturated heterocycles. The second-order valence-electron chi connectivity index (χ2n) is 5.80. The Balaban J connectivity index is 1.71. The molecule has 3 rings (SSSR count). The van der Waals surface area contributed by atoms with Gasteiger partial charge in [-0.05, 0) is 32.4 Å². The molecule has 0 radical (unpaired) electrons. The molecule has 20 heavy (non-hydrogen) atoms. The molecule has 2 unspecified atom stereocenters. The van der Waals surface area contributed by atoms with Crippen LogP contribution in [0.5, 0.6) is 0 Å². The van der Waals surface area contributed by atoms with Crippen molar-refractivity contribution in [2.24, 2.45) is 5.84 Å². The van der Waals surface area contributed by atoms with Crippen molar-refractivity contribution in [1.29, 1.82) is 0 Å². The van der Waals surface area contributed by atoms with E-state index < -0.39 is 0 Å². The van der Waals surface area contributed by atoms with Crippen molar-refractivity contribution in [2.75, 3.05) is 19.6 Å². The number of rotatable bonds is 3. The number of nitrogens with one attached hydrogen (secondary N) is 1. The standard InChI is InChI=1S/C14H22N4O2/c1-10-7-17-5-2-3-11(17)8-18(10)9-13-12(4-6-20-13)14(19)16-15/h4,6,10-11H,2-3,5,7-9,15H2,1H3,(H,16,19). The van der Waals surface area contributed by atoms with Crippen LogP contribution in [-0.4, -0.2) is 47.4 Å². The van der Waals surface area contributed by atoms with Gasteiger partial charge in [0.25, 0.3) is 5.91 Å². The molecule has 3 heterocycles. The zero-order chi connectivity index (χ0) is 14.1. The minimum Gasteiger partial charge on any atom is -0.467 e. The molecule has 0 saturated carbocycles. The average Bonchev–Trinajstić information content (AvgIpc) is 3.07. The highest BCUT2D eigenvalue weighted by molar-refractivity contribution is 5.94. The summed E-state index contributed by atoms with van der Waals surface area (Å²) in [6.07, 6.45) is 4.13. The number of hydrazine groups is 1. The van der Waals surface area contributed by atoms with Crippen LogP contribution in [0.3, 0.4) is 0 Å². The molecule has 6 heteroatoms. The minimum absolute atomic E-state index is 0.291. The SMILES string of the molecule is CC1CN2CCCC2CN1Cc1occc1C(=O)NN. The number of hydrogen-bond donors (Lipinski definition) is 2. The van der Waals surface area contributed by atoms with Gasteiger partial charge < -0.3 is 4.42 Å². The summed E-state index contributed by atoms with van der Waals surface area (Å²) >= 11 is 0. The molecular formula is C14H22N4O2. The van der Waals surface area contributed by atoms with E-state index >= 15 is 0 Å². The molecule has 2 atom stereocenters. The van der Waals surface area contributed by atoms with Crippen molar-refractivity contribution in [1.82, 2.24) is 15.2 Å². The summed E-state index contributed by atoms with van der Waals surface area (Å²) in [5.74, 6) is 5.61. The summed E-state index contributed by atoms with van der Waals surface area (Å²) < 4.78 is 5.48. The Bertz CT molecular complexity index is 487. The highest BCUT2D eigenvalue weighted by Gasteiger charge is 2.35. The molecule has 1 amide bonds. The van der Waals surface area contributed by atoms with Gasteiger partial charge in [-0.3, -0.25) is 20.0 Å². The molecular weight excluding hydrogens is 256 g/mol. The average molecular weight is 278 g/mol. The Kier molecular flexibility index (Phi) is 3.78. The molecule has 1 aromatic heterocycles. The fourth-order valence-corrected chi connectivity index (χ4v) is 3.40. The van der Waals surface area contributed by atoms with Gasteiger partial charge in [-0.2, -0.15) is 0 Å². The molecule has 2 fully saturated rings. The first kappa shape index (κ1) is 13.6. The first-order valence-corrected chi connectivity index (χ1v) is 7.24. The number of nitrogens with two attached hydrogens (primary N) is 1. The molecule has 3 N–H and O–H groups in total. The van der Waals surface area contributed by atoms with Crippen molar-refractivity contribution in [2.45, 2.75) is 38.4 Å². The van der Waals surface area contributed by atoms with Gasteiger partial charge in [0.2, 0.25) is 0 Å². The van der Waals surface area contributed by atoms with Gasteiger partial charge >= 0.3 is 0 Å². The zero-order valence-corrected chi connectivity index (χ0v) is 11.8. The second kappa shape index (κ2) is 5.55. The normalized spacial score (nSPS) is 27.5. The van der Waals surface area contributed by atoms with Gasteiger partial charge in [0.1, 0.15) is 5.76 Å². The predicted octanol–water partition coefficient (Wildman–Crippen LogP) is 0.552. The van der Waals surface area contributed by atoms with Gasteiger partial charge in [-0.25, -0.2) is 5.84 Å². The Morgan fingerprint density at radius 2 is 2.40 bits per heavy atom. The second-order valence-corrected chi connectivity index (χ2v) is 5.80. The molecule has 2 aliphatic rings. The lowest BCUT2D eigenvalue weighted by Crippen LogP contribution is -2.54. The summed E-state index contributed by atoms with van der Waals surface area (Å²) in [6.45, 7) is 6.28. The molecule has 1 aromatic rings. The number of nitrogens with zero attached hydrogens (tertiary/aromatic N) is 2. The van der Waals surface area contributed by atoms with Gasteiger partial charge in [0, 0.05) is 25.2 Å². The van der Waals surface area contributed by atoms with Crippen molar-refractivity contribution in [3.05, 3.63) is 23.7 Å². The summed E-state index contributed by atoms with van der Waals surface area (Å²) in [7, 11) is 0. The summed E-state index contributed by atoms with van der Waals surface area (Å²) in [5.41, 5.74) is 2.70. The van der Waals surface area contributed by atoms with Crippen LogP contribution in [0.2, 0.25) is 0 Å². The molecule has 2 aliphatic heterocycles. The first-order chi connectivity index (χ1) is 9.69. The highest BCUT2D eigenvalue weighted by atomic mass is 16.3. The monoisotopic (exact) mass is 278 g/mol. The van der Waals surface area contributed by atoms with Crippen LogP contribution in [0.4, 0.5) is 0 Å². The van der Waals surface area contributed by atoms with E-state index in [9.17, 15) is 4.79 Å². The lowest BCUT2D eigenvalue weighted by Gasteiger charge is -2.42. The third-order valence-corrected chi connectivity index (χ3v) is 4.53. The van der Waals surface area contributed by atoms with E-state index in [1.807, 2.05) is 0 Å². The van der Waals surface area contributed by atoms with Gasteiger partial charge in [0.05, 0.1) is 18.4 Å². The lowest BCUT2D eigenvalue weighted by molar-refractivity contribution is 0.0490. The Labute approximate surface area is 118 Å². The van der Waals surface area contributed by atoms with Crippen LogP contribution < -0.4 is 11.3 Å². The third kappa shape index (κ3) is 2.46. The number of nitrogen functional groups attached to an aromatic ring is 1. The van der Waals surface area contributed by atoms with Crippen molar-refractivity contribution >= 4 is 5.91 Å². The topological polar surface area (TPSA) is 74.7 Å². The number of carbonyl (C=O) groups excluding carboxylic acids is 1. The molecule has 110 valence electrons. The number of piperazine rings is 1. The van der Waals surface area contributed by atoms with Gasteiger partial charge in [-0.15, -0.1) is 0 Å². The van der Waals surface area contributed by atoms with Crippen LogP contribution in [0.15, 0.2) is 16.7 Å². The lowest BCUT2D eigenvalue weighted by atomic mass is 10.1. The number of furan rings is 1. The zero-order valence-electron chi connectivity index (χ0n) is 11.8. The van der Waals surface area contributed by atoms with E-state index in [1.54, 1.807) is 12.3 Å². The fourth-order valence-electron chi connectivity index (χ4n) is 3.40. The molecule has 0 bridgehead atoms. The maximum Gasteiger partial charge on any atom is 0.268 e. The highest BCUT2D eigenvalue weighted by Crippen LogP contribution is 2.26. The molecule has 0 aliphatic carbocycles. The van der Waals surface area contributed by atoms with Gasteiger partial charge in [-0.1, -0.05) is 0 Å². The van der Waals surface area contributed by atoms with Gasteiger partial charge in [0.15, 0.2) is 0 Å². The first-order valence-electron chi connectivity index (χ1n) is 7.24. The van der Waals surface area contributed by atoms with Crippen molar-refractivity contribution in [3.63, 3.8) is 0 Å². The Hall–Kier alpha value is -1.37. The van der Waals surface area contributed by atoms with E-state index in [1.165, 1.54) is 19.4 Å². The van der Waals surface area contributed by atoms with E-state index in [0.717, 1.165) is 13.1 Å². The van der Waals surface area contributed by atoms with Crippen molar-refractivity contribution < 1.29 is 9.21 Å². The van der Waals surface area contributed by atoms with Crippen molar-refractivity contribution in [3.8, 4) is 0 Å². The van der Waals surface area contributed by atoms with Crippen LogP contribution in [0.25, 0.3) is 0 Å². The minimum atomic E-state index is -0.291. The maximum absolute atomic E-state index is 11.7. The smallest absolute Gasteiger partial charge is 0.268 e. The molecule has 0 spiro atoms. The number of amides is 1. The van der Waals surface area contributed by atoms with Crippen LogP contribution in [0.1, 0.15) is 35.9 Å². The number of hydrogen-bond acceptors (Lipinski definition) is 5. The maximum atomic E-state index is 11.7. The Morgan fingerprint density at radius 3 is 3.20 bits per heavy atom. The van der Waals surface area contributed by atoms with E-state index in [4.69, 9.17) is 10.3 Å². The Morgan fingerprint density at radius 1 is 1.55 bits per heavy atom.